The molecule has 0 radical (unpaired) electrons. The molecule has 0 aliphatic carbocycles. The minimum Gasteiger partial charge on any atom is -0.463 e. The summed E-state index contributed by atoms with van der Waals surface area (Å²) in [6, 6.07) is -1.45. The molecule has 10 atom stereocenters. The predicted molar refractivity (Wildman–Crippen MR) is 127 cm³/mol. The number of hydrogen-bond acceptors (Lipinski definition) is 15. The van der Waals surface area contributed by atoms with E-state index in [2.05, 4.69) is 5.32 Å². The number of carbonyl (C=O) groups excluding carboxylic acids is 6. The number of nitrogens with one attached hydrogen (secondary N) is 1. The zero-order valence-corrected chi connectivity index (χ0v) is 23.2. The van der Waals surface area contributed by atoms with E-state index in [1.807, 2.05) is 0 Å². The molecule has 1 amide bonds. The van der Waals surface area contributed by atoms with Gasteiger partial charge in [0.15, 0.2) is 43.1 Å². The molecule has 2 fully saturated rings. The number of halogens is 1. The fraction of sp³-hybridized carbons (Fsp3) is 0.750. The summed E-state index contributed by atoms with van der Waals surface area (Å²) in [4.78, 5) is 71.3. The Morgan fingerprint density at radius 3 is 1.63 bits per heavy atom. The highest BCUT2D eigenvalue weighted by atomic mass is 19.1. The lowest BCUT2D eigenvalue weighted by Gasteiger charge is -2.48. The van der Waals surface area contributed by atoms with Gasteiger partial charge < -0.3 is 48.3 Å². The molecule has 0 aromatic heterocycles. The van der Waals surface area contributed by atoms with E-state index in [1.54, 1.807) is 0 Å². The SMILES string of the molecule is CC(=O)N[C@H]1[C@H](O[C@H]2[C@@H](OC(C)=O)[C@H](OC(C)=O)[C@@H](CF)O[C@@H]2O)O[C@H](COC(C)=O)[C@@H](OC(C)=O)[C@@H]1OC(C)=O. The molecule has 0 aromatic rings. The van der Waals surface area contributed by atoms with E-state index in [1.165, 1.54) is 0 Å². The van der Waals surface area contributed by atoms with Gasteiger partial charge >= 0.3 is 29.8 Å². The molecular weight excluding hydrogens is 561 g/mol. The van der Waals surface area contributed by atoms with Crippen LogP contribution in [0, 0.1) is 0 Å². The number of aliphatic hydroxyl groups excluding tert-OH is 1. The topological polar surface area (TPSA) is 209 Å². The van der Waals surface area contributed by atoms with E-state index in [-0.39, 0.29) is 0 Å². The molecule has 2 aliphatic rings. The van der Waals surface area contributed by atoms with Crippen molar-refractivity contribution in [2.24, 2.45) is 0 Å². The van der Waals surface area contributed by atoms with Gasteiger partial charge in [0.05, 0.1) is 0 Å². The fourth-order valence-electron chi connectivity index (χ4n) is 4.39. The lowest BCUT2D eigenvalue weighted by molar-refractivity contribution is -0.348. The third-order valence-corrected chi connectivity index (χ3v) is 5.73. The van der Waals surface area contributed by atoms with Crippen LogP contribution < -0.4 is 5.32 Å². The number of alkyl halides is 1. The minimum absolute atomic E-state index is 0.547. The summed E-state index contributed by atoms with van der Waals surface area (Å²) in [5.74, 6) is -4.94. The highest BCUT2D eigenvalue weighted by Crippen LogP contribution is 2.33. The smallest absolute Gasteiger partial charge is 0.303 e. The van der Waals surface area contributed by atoms with Gasteiger partial charge in [-0.2, -0.15) is 0 Å². The number of rotatable bonds is 10. The van der Waals surface area contributed by atoms with Crippen molar-refractivity contribution in [2.45, 2.75) is 103 Å². The number of ether oxygens (including phenoxy) is 8. The Balaban J connectivity index is 2.58. The molecule has 41 heavy (non-hydrogen) atoms. The van der Waals surface area contributed by atoms with Gasteiger partial charge in [0.1, 0.15) is 31.5 Å². The van der Waals surface area contributed by atoms with E-state index in [0.717, 1.165) is 41.5 Å². The highest BCUT2D eigenvalue weighted by Gasteiger charge is 2.56. The van der Waals surface area contributed by atoms with Crippen molar-refractivity contribution in [3.05, 3.63) is 0 Å². The summed E-state index contributed by atoms with van der Waals surface area (Å²) in [6.45, 7) is 4.51. The Bertz CT molecular complexity index is 992. The molecule has 17 heteroatoms. The van der Waals surface area contributed by atoms with E-state index in [9.17, 15) is 38.3 Å². The molecular formula is C24H34FNO15. The molecule has 0 aromatic carbocycles. The van der Waals surface area contributed by atoms with E-state index in [4.69, 9.17) is 37.9 Å². The molecule has 0 spiro atoms. The lowest BCUT2D eigenvalue weighted by atomic mass is 9.95. The summed E-state index contributed by atoms with van der Waals surface area (Å²) < 4.78 is 56.8. The number of aliphatic hydroxyl groups is 1. The van der Waals surface area contributed by atoms with Gasteiger partial charge in [-0.05, 0) is 0 Å². The highest BCUT2D eigenvalue weighted by molar-refractivity contribution is 5.74. The van der Waals surface area contributed by atoms with Crippen LogP contribution in [0.3, 0.4) is 0 Å². The number of hydrogen-bond donors (Lipinski definition) is 2. The first-order chi connectivity index (χ1) is 19.1. The van der Waals surface area contributed by atoms with Crippen LogP contribution >= 0.6 is 0 Å². The van der Waals surface area contributed by atoms with Crippen LogP contribution in [-0.2, 0) is 66.7 Å². The van der Waals surface area contributed by atoms with Crippen molar-refractivity contribution in [3.8, 4) is 0 Å². The van der Waals surface area contributed by atoms with Gasteiger partial charge in [-0.25, -0.2) is 4.39 Å². The van der Waals surface area contributed by atoms with Crippen LogP contribution in [-0.4, -0.2) is 115 Å². The second kappa shape index (κ2) is 15.0. The molecule has 0 unspecified atom stereocenters. The Morgan fingerprint density at radius 2 is 1.17 bits per heavy atom. The van der Waals surface area contributed by atoms with Crippen LogP contribution in [0.15, 0.2) is 0 Å². The predicted octanol–water partition coefficient (Wildman–Crippen LogP) is -1.42. The molecule has 2 rings (SSSR count). The fourth-order valence-corrected chi connectivity index (χ4v) is 4.39. The molecule has 2 saturated heterocycles. The first-order valence-corrected chi connectivity index (χ1v) is 12.4. The Kier molecular flexibility index (Phi) is 12.4. The number of carbonyl (C=O) groups is 6. The summed E-state index contributed by atoms with van der Waals surface area (Å²) in [5.41, 5.74) is 0. The van der Waals surface area contributed by atoms with Crippen LogP contribution in [0.5, 0.6) is 0 Å². The van der Waals surface area contributed by atoms with Crippen molar-refractivity contribution in [2.75, 3.05) is 13.3 Å². The molecule has 2 aliphatic heterocycles. The maximum absolute atomic E-state index is 13.8. The second-order valence-electron chi connectivity index (χ2n) is 9.19. The van der Waals surface area contributed by atoms with Crippen LogP contribution in [0.1, 0.15) is 41.5 Å². The molecule has 0 saturated carbocycles. The van der Waals surface area contributed by atoms with Crippen molar-refractivity contribution in [1.29, 1.82) is 0 Å². The third-order valence-electron chi connectivity index (χ3n) is 5.73. The normalized spacial score (nSPS) is 33.1. The van der Waals surface area contributed by atoms with Crippen LogP contribution in [0.25, 0.3) is 0 Å². The van der Waals surface area contributed by atoms with Gasteiger partial charge in [0.25, 0.3) is 0 Å². The molecule has 2 N–H and O–H groups in total. The minimum atomic E-state index is -2.00. The third kappa shape index (κ3) is 9.58. The van der Waals surface area contributed by atoms with Gasteiger partial charge in [0, 0.05) is 41.5 Å². The second-order valence-corrected chi connectivity index (χ2v) is 9.19. The van der Waals surface area contributed by atoms with E-state index < -0.39 is 110 Å². The zero-order chi connectivity index (χ0) is 31.0. The molecule has 0 bridgehead atoms. The van der Waals surface area contributed by atoms with Crippen molar-refractivity contribution >= 4 is 35.8 Å². The first kappa shape index (κ1) is 33.8. The Hall–Kier alpha value is -3.41. The van der Waals surface area contributed by atoms with Crippen molar-refractivity contribution < 1.29 is 76.2 Å². The molecule has 232 valence electrons. The van der Waals surface area contributed by atoms with Gasteiger partial charge in [-0.15, -0.1) is 0 Å². The summed E-state index contributed by atoms with van der Waals surface area (Å²) >= 11 is 0. The van der Waals surface area contributed by atoms with Gasteiger partial charge in [0.2, 0.25) is 5.91 Å². The summed E-state index contributed by atoms with van der Waals surface area (Å²) in [6.07, 6.45) is -14.6. The summed E-state index contributed by atoms with van der Waals surface area (Å²) in [7, 11) is 0. The zero-order valence-electron chi connectivity index (χ0n) is 23.2. The van der Waals surface area contributed by atoms with Gasteiger partial charge in [-0.3, -0.25) is 28.8 Å². The van der Waals surface area contributed by atoms with Crippen LogP contribution in [0.4, 0.5) is 4.39 Å². The van der Waals surface area contributed by atoms with E-state index in [0.29, 0.717) is 0 Å². The Labute approximate surface area is 234 Å². The van der Waals surface area contributed by atoms with Crippen LogP contribution in [0.2, 0.25) is 0 Å². The maximum Gasteiger partial charge on any atom is 0.303 e. The monoisotopic (exact) mass is 595 g/mol. The summed E-state index contributed by atoms with van der Waals surface area (Å²) in [5, 5.41) is 13.2. The van der Waals surface area contributed by atoms with Crippen molar-refractivity contribution in [1.82, 2.24) is 5.32 Å². The quantitative estimate of drug-likeness (QED) is 0.219. The lowest BCUT2D eigenvalue weighted by Crippen LogP contribution is -2.69. The average molecular weight is 596 g/mol. The number of esters is 5. The number of amides is 1. The molecule has 16 nitrogen and oxygen atoms in total. The molecule has 2 heterocycles. The van der Waals surface area contributed by atoms with Crippen molar-refractivity contribution in [3.63, 3.8) is 0 Å². The Morgan fingerprint density at radius 1 is 0.683 bits per heavy atom. The first-order valence-electron chi connectivity index (χ1n) is 12.4. The van der Waals surface area contributed by atoms with E-state index >= 15 is 0 Å². The largest absolute Gasteiger partial charge is 0.463 e. The van der Waals surface area contributed by atoms with Gasteiger partial charge in [-0.1, -0.05) is 0 Å². The maximum atomic E-state index is 13.8. The average Bonchev–Trinajstić information content (AvgIpc) is 2.83. The standard InChI is InChI=1S/C24H34FNO15/c1-9(27)26-17-20(37-13(5)31)19(36-12(4)30)16(8-34-10(2)28)40-24(17)41-22-21(38-14(6)32)18(35-11(3)29)15(7-25)39-23(22)33/h15-24,33H,7-8H2,1-6H3,(H,26,27)/t15-,16-,17-,18-,19-,20-,21+,22+,23+,24+/m1/s1.